The number of anilines is 2. The van der Waals surface area contributed by atoms with Crippen LogP contribution in [-0.2, 0) is 27.8 Å². The molecule has 34 heavy (non-hydrogen) atoms. The molecule has 0 radical (unpaired) electrons. The Labute approximate surface area is 201 Å². The lowest BCUT2D eigenvalue weighted by Gasteiger charge is -2.30. The van der Waals surface area contributed by atoms with Gasteiger partial charge in [0.1, 0.15) is 5.82 Å². The number of hydrogen-bond acceptors (Lipinski definition) is 5. The molecule has 2 aromatic carbocycles. The Morgan fingerprint density at radius 1 is 1.09 bits per heavy atom. The summed E-state index contributed by atoms with van der Waals surface area (Å²) in [6.45, 7) is 4.73. The van der Waals surface area contributed by atoms with E-state index in [0.29, 0.717) is 24.9 Å². The highest BCUT2D eigenvalue weighted by Crippen LogP contribution is 2.28. The van der Waals surface area contributed by atoms with Gasteiger partial charge in [0, 0.05) is 46.6 Å². The summed E-state index contributed by atoms with van der Waals surface area (Å²) in [5.41, 5.74) is 3.41. The second-order valence-corrected chi connectivity index (χ2v) is 11.0. The van der Waals surface area contributed by atoms with Crippen LogP contribution in [0.4, 0.5) is 11.4 Å². The fraction of sp³-hybridized carbons (Fsp3) is 0.440. The zero-order valence-electron chi connectivity index (χ0n) is 20.1. The van der Waals surface area contributed by atoms with Gasteiger partial charge >= 0.3 is 0 Å². The lowest BCUT2D eigenvalue weighted by Crippen LogP contribution is -2.30. The first-order valence-corrected chi connectivity index (χ1v) is 13.3. The van der Waals surface area contributed by atoms with Crippen LogP contribution in [0.1, 0.15) is 38.4 Å². The summed E-state index contributed by atoms with van der Waals surface area (Å²) in [6, 6.07) is 13.0. The molecule has 0 bridgehead atoms. The van der Waals surface area contributed by atoms with Gasteiger partial charge in [-0.15, -0.1) is 0 Å². The maximum absolute atomic E-state index is 12.8. The van der Waals surface area contributed by atoms with E-state index in [2.05, 4.69) is 21.3 Å². The van der Waals surface area contributed by atoms with E-state index in [-0.39, 0.29) is 10.8 Å². The van der Waals surface area contributed by atoms with Crippen molar-refractivity contribution in [2.24, 2.45) is 0 Å². The predicted molar refractivity (Wildman–Crippen MR) is 136 cm³/mol. The summed E-state index contributed by atoms with van der Waals surface area (Å²) in [4.78, 5) is 20.1. The van der Waals surface area contributed by atoms with Crippen molar-refractivity contribution in [3.8, 4) is 0 Å². The third-order valence-electron chi connectivity index (χ3n) is 6.34. The fourth-order valence-corrected chi connectivity index (χ4v) is 5.42. The van der Waals surface area contributed by atoms with Crippen molar-refractivity contribution in [1.82, 2.24) is 13.9 Å². The average molecular weight is 484 g/mol. The lowest BCUT2D eigenvalue weighted by molar-refractivity contribution is -0.116. The molecule has 1 fully saturated rings. The highest BCUT2D eigenvalue weighted by molar-refractivity contribution is 7.89. The Hall–Kier alpha value is -2.91. The van der Waals surface area contributed by atoms with E-state index in [1.165, 1.54) is 37.7 Å². The first-order chi connectivity index (χ1) is 16.3. The average Bonchev–Trinajstić information content (AvgIpc) is 3.20. The number of aromatic nitrogens is 2. The molecule has 1 saturated heterocycles. The van der Waals surface area contributed by atoms with Gasteiger partial charge in [-0.05, 0) is 56.5 Å². The molecule has 2 heterocycles. The van der Waals surface area contributed by atoms with Gasteiger partial charge < -0.3 is 14.8 Å². The molecular formula is C25H33N5O3S. The van der Waals surface area contributed by atoms with Crippen LogP contribution in [0.3, 0.4) is 0 Å². The third kappa shape index (κ3) is 4.95. The Kier molecular flexibility index (Phi) is 7.23. The molecule has 8 nitrogen and oxygen atoms in total. The van der Waals surface area contributed by atoms with E-state index in [1.54, 1.807) is 18.2 Å². The van der Waals surface area contributed by atoms with E-state index in [4.69, 9.17) is 0 Å². The molecular weight excluding hydrogens is 450 g/mol. The number of aryl methyl sites for hydroxylation is 2. The van der Waals surface area contributed by atoms with Gasteiger partial charge in [-0.1, -0.05) is 12.1 Å². The molecule has 182 valence electrons. The molecule has 0 aliphatic carbocycles. The number of carbonyl (C=O) groups excluding carboxylic acids is 1. The number of benzene rings is 2. The summed E-state index contributed by atoms with van der Waals surface area (Å²) in [5.74, 6) is 0.714. The Balaban J connectivity index is 1.50. The molecule has 0 spiro atoms. The zero-order valence-corrected chi connectivity index (χ0v) is 20.9. The molecule has 1 amide bonds. The van der Waals surface area contributed by atoms with E-state index < -0.39 is 10.0 Å². The maximum Gasteiger partial charge on any atom is 0.242 e. The van der Waals surface area contributed by atoms with Crippen molar-refractivity contribution in [3.05, 3.63) is 48.3 Å². The zero-order chi connectivity index (χ0) is 24.3. The van der Waals surface area contributed by atoms with Gasteiger partial charge in [0.25, 0.3) is 0 Å². The largest absolute Gasteiger partial charge is 0.370 e. The van der Waals surface area contributed by atoms with Gasteiger partial charge in [0.05, 0.1) is 27.3 Å². The Morgan fingerprint density at radius 3 is 2.53 bits per heavy atom. The van der Waals surface area contributed by atoms with Gasteiger partial charge in [-0.3, -0.25) is 4.79 Å². The summed E-state index contributed by atoms with van der Waals surface area (Å²) < 4.78 is 28.2. The van der Waals surface area contributed by atoms with E-state index in [1.807, 2.05) is 29.7 Å². The second kappa shape index (κ2) is 10.1. The van der Waals surface area contributed by atoms with Crippen LogP contribution in [-0.4, -0.2) is 55.4 Å². The minimum atomic E-state index is -3.54. The third-order valence-corrected chi connectivity index (χ3v) is 8.16. The topological polar surface area (TPSA) is 87.5 Å². The van der Waals surface area contributed by atoms with Crippen molar-refractivity contribution >= 4 is 38.3 Å². The molecule has 9 heteroatoms. The number of piperidine rings is 1. The van der Waals surface area contributed by atoms with Crippen molar-refractivity contribution < 1.29 is 13.2 Å². The number of amides is 1. The van der Waals surface area contributed by atoms with Gasteiger partial charge in [0.2, 0.25) is 15.9 Å². The molecule has 3 aromatic rings. The van der Waals surface area contributed by atoms with Crippen LogP contribution in [0.15, 0.2) is 47.4 Å². The van der Waals surface area contributed by atoms with Crippen molar-refractivity contribution in [2.45, 2.75) is 50.5 Å². The van der Waals surface area contributed by atoms with Crippen LogP contribution in [0.25, 0.3) is 11.0 Å². The highest BCUT2D eigenvalue weighted by atomic mass is 32.2. The number of carbonyl (C=O) groups is 1. The van der Waals surface area contributed by atoms with Crippen LogP contribution in [0.2, 0.25) is 0 Å². The number of fused-ring (bicyclic) bond motifs is 1. The summed E-state index contributed by atoms with van der Waals surface area (Å²) in [6.07, 6.45) is 4.36. The van der Waals surface area contributed by atoms with Crippen molar-refractivity contribution in [1.29, 1.82) is 0 Å². The SMILES string of the molecule is CCn1c(CCC(=O)Nc2ccccc2N2CCCCC2)nc2cc(S(=O)(=O)N(C)C)ccc21. The summed E-state index contributed by atoms with van der Waals surface area (Å²) >= 11 is 0. The van der Waals surface area contributed by atoms with E-state index in [0.717, 1.165) is 35.8 Å². The number of imidazole rings is 1. The maximum atomic E-state index is 12.8. The van der Waals surface area contributed by atoms with Crippen molar-refractivity contribution in [3.63, 3.8) is 0 Å². The number of nitrogens with one attached hydrogen (secondary N) is 1. The number of rotatable bonds is 8. The lowest BCUT2D eigenvalue weighted by atomic mass is 10.1. The highest BCUT2D eigenvalue weighted by Gasteiger charge is 2.20. The fourth-order valence-electron chi connectivity index (χ4n) is 4.50. The Morgan fingerprint density at radius 2 is 1.82 bits per heavy atom. The monoisotopic (exact) mass is 483 g/mol. The minimum Gasteiger partial charge on any atom is -0.370 e. The number of sulfonamides is 1. The van der Waals surface area contributed by atoms with Gasteiger partial charge in [-0.25, -0.2) is 17.7 Å². The van der Waals surface area contributed by atoms with Crippen LogP contribution >= 0.6 is 0 Å². The summed E-state index contributed by atoms with van der Waals surface area (Å²) in [5, 5.41) is 3.09. The molecule has 0 saturated carbocycles. The first-order valence-electron chi connectivity index (χ1n) is 11.9. The summed E-state index contributed by atoms with van der Waals surface area (Å²) in [7, 11) is -0.513. The first kappa shape index (κ1) is 24.2. The number of hydrogen-bond donors (Lipinski definition) is 1. The van der Waals surface area contributed by atoms with Crippen LogP contribution in [0.5, 0.6) is 0 Å². The second-order valence-electron chi connectivity index (χ2n) is 8.82. The van der Waals surface area contributed by atoms with Crippen molar-refractivity contribution in [2.75, 3.05) is 37.4 Å². The molecule has 1 N–H and O–H groups in total. The molecule has 1 aliphatic heterocycles. The quantitative estimate of drug-likeness (QED) is 0.526. The van der Waals surface area contributed by atoms with Crippen LogP contribution < -0.4 is 10.2 Å². The Bertz CT molecular complexity index is 1280. The molecule has 1 aliphatic rings. The van der Waals surface area contributed by atoms with Gasteiger partial charge in [-0.2, -0.15) is 0 Å². The number of nitrogens with zero attached hydrogens (tertiary/aromatic N) is 4. The normalized spacial score (nSPS) is 14.6. The van der Waals surface area contributed by atoms with Gasteiger partial charge in [0.15, 0.2) is 0 Å². The molecule has 0 unspecified atom stereocenters. The standard InChI is InChI=1S/C25H33N5O3S/c1-4-30-23-13-12-19(34(32,33)28(2)3)18-21(23)26-24(30)14-15-25(31)27-20-10-6-7-11-22(20)29-16-8-5-9-17-29/h6-7,10-13,18H,4-5,8-9,14-17H2,1-3H3,(H,27,31). The molecule has 0 atom stereocenters. The number of para-hydroxylation sites is 2. The predicted octanol–water partition coefficient (Wildman–Crippen LogP) is 3.87. The minimum absolute atomic E-state index is 0.0601. The molecule has 1 aromatic heterocycles. The van der Waals surface area contributed by atoms with Crippen LogP contribution in [0, 0.1) is 0 Å². The van der Waals surface area contributed by atoms with E-state index in [9.17, 15) is 13.2 Å². The smallest absolute Gasteiger partial charge is 0.242 e. The van der Waals surface area contributed by atoms with E-state index >= 15 is 0 Å². The molecule has 4 rings (SSSR count).